The van der Waals surface area contributed by atoms with Crippen LogP contribution < -0.4 is 16.6 Å². The summed E-state index contributed by atoms with van der Waals surface area (Å²) in [5.41, 5.74) is -0.194. The molecule has 1 aliphatic carbocycles. The van der Waals surface area contributed by atoms with E-state index in [0.717, 1.165) is 25.7 Å². The number of hydrogen-bond donors (Lipinski definition) is 1. The average Bonchev–Trinajstić information content (AvgIpc) is 3.11. The number of nitrogens with zero attached hydrogens (tertiary/aromatic N) is 2. The second-order valence-electron chi connectivity index (χ2n) is 6.87. The van der Waals surface area contributed by atoms with Gasteiger partial charge in [0.1, 0.15) is 6.54 Å². The predicted molar refractivity (Wildman–Crippen MR) is 97.9 cm³/mol. The van der Waals surface area contributed by atoms with E-state index in [0.29, 0.717) is 17.3 Å². The van der Waals surface area contributed by atoms with Crippen molar-refractivity contribution in [2.45, 2.75) is 64.6 Å². The van der Waals surface area contributed by atoms with Crippen molar-refractivity contribution in [1.29, 1.82) is 0 Å². The number of fused-ring (bicyclic) bond motifs is 1. The van der Waals surface area contributed by atoms with Gasteiger partial charge in [0.25, 0.3) is 5.56 Å². The van der Waals surface area contributed by atoms with E-state index < -0.39 is 5.69 Å². The lowest BCUT2D eigenvalue weighted by Crippen LogP contribution is -2.44. The summed E-state index contributed by atoms with van der Waals surface area (Å²) in [6.07, 6.45) is 4.92. The van der Waals surface area contributed by atoms with E-state index in [9.17, 15) is 14.4 Å². The van der Waals surface area contributed by atoms with Gasteiger partial charge in [-0.1, -0.05) is 31.9 Å². The molecular formula is C19H25N3O3. The van der Waals surface area contributed by atoms with Gasteiger partial charge in [-0.25, -0.2) is 4.79 Å². The maximum atomic E-state index is 12.9. The number of para-hydroxylation sites is 1. The molecule has 6 heteroatoms. The molecule has 134 valence electrons. The third-order valence-corrected chi connectivity index (χ3v) is 5.13. The van der Waals surface area contributed by atoms with Crippen molar-refractivity contribution in [3.8, 4) is 0 Å². The molecule has 1 aromatic carbocycles. The van der Waals surface area contributed by atoms with E-state index in [4.69, 9.17) is 0 Å². The zero-order chi connectivity index (χ0) is 18.0. The highest BCUT2D eigenvalue weighted by Gasteiger charge is 2.20. The first-order chi connectivity index (χ1) is 12.0. The number of aromatic nitrogens is 2. The van der Waals surface area contributed by atoms with E-state index in [1.54, 1.807) is 24.3 Å². The molecule has 25 heavy (non-hydrogen) atoms. The Balaban J connectivity index is 2.05. The number of carbonyl (C=O) groups is 1. The molecule has 1 N–H and O–H groups in total. The molecule has 1 amide bonds. The smallest absolute Gasteiger partial charge is 0.332 e. The second-order valence-corrected chi connectivity index (χ2v) is 6.87. The fourth-order valence-corrected chi connectivity index (χ4v) is 3.55. The van der Waals surface area contributed by atoms with Gasteiger partial charge in [-0.2, -0.15) is 0 Å². The molecule has 1 aliphatic rings. The van der Waals surface area contributed by atoms with Crippen molar-refractivity contribution in [3.63, 3.8) is 0 Å². The molecule has 0 radical (unpaired) electrons. The van der Waals surface area contributed by atoms with Crippen LogP contribution in [0.15, 0.2) is 33.9 Å². The molecule has 0 bridgehead atoms. The Labute approximate surface area is 146 Å². The minimum Gasteiger partial charge on any atom is -0.352 e. The number of nitrogens with one attached hydrogen (secondary N) is 1. The van der Waals surface area contributed by atoms with Gasteiger partial charge in [0, 0.05) is 12.1 Å². The Hall–Kier alpha value is -2.37. The second kappa shape index (κ2) is 7.25. The molecule has 0 unspecified atom stereocenters. The van der Waals surface area contributed by atoms with Crippen LogP contribution in [0.2, 0.25) is 0 Å². The van der Waals surface area contributed by atoms with E-state index >= 15 is 0 Å². The SMILES string of the molecule is CC[C@H](C)n1c(=O)c2ccccc2n(CC(=O)NC2CCCC2)c1=O. The number of hydrogen-bond acceptors (Lipinski definition) is 3. The van der Waals surface area contributed by atoms with Crippen molar-refractivity contribution in [3.05, 3.63) is 45.1 Å². The number of benzene rings is 1. The summed E-state index contributed by atoms with van der Waals surface area (Å²) in [4.78, 5) is 38.1. The molecule has 0 aliphatic heterocycles. The lowest BCUT2D eigenvalue weighted by molar-refractivity contribution is -0.122. The van der Waals surface area contributed by atoms with Gasteiger partial charge in [-0.05, 0) is 38.3 Å². The Bertz CT molecular complexity index is 891. The minimum absolute atomic E-state index is 0.0629. The summed E-state index contributed by atoms with van der Waals surface area (Å²) in [5, 5.41) is 3.48. The first kappa shape index (κ1) is 17.5. The average molecular weight is 343 g/mol. The number of amides is 1. The summed E-state index contributed by atoms with van der Waals surface area (Å²) in [6, 6.07) is 6.98. The Morgan fingerprint density at radius 3 is 2.60 bits per heavy atom. The predicted octanol–water partition coefficient (Wildman–Crippen LogP) is 2.19. The van der Waals surface area contributed by atoms with Crippen molar-refractivity contribution in [2.24, 2.45) is 0 Å². The molecule has 0 saturated heterocycles. The molecular weight excluding hydrogens is 318 g/mol. The van der Waals surface area contributed by atoms with Crippen LogP contribution in [0, 0.1) is 0 Å². The lowest BCUT2D eigenvalue weighted by Gasteiger charge is -2.18. The summed E-state index contributed by atoms with van der Waals surface area (Å²) < 4.78 is 2.69. The first-order valence-corrected chi connectivity index (χ1v) is 9.06. The summed E-state index contributed by atoms with van der Waals surface area (Å²) in [7, 11) is 0. The molecule has 2 aromatic rings. The van der Waals surface area contributed by atoms with Crippen molar-refractivity contribution in [2.75, 3.05) is 0 Å². The minimum atomic E-state index is -0.417. The first-order valence-electron chi connectivity index (χ1n) is 9.06. The Kier molecular flexibility index (Phi) is 5.06. The highest BCUT2D eigenvalue weighted by Crippen LogP contribution is 2.17. The summed E-state index contributed by atoms with van der Waals surface area (Å²) in [6.45, 7) is 3.72. The van der Waals surface area contributed by atoms with Crippen molar-refractivity contribution < 1.29 is 4.79 Å². The Morgan fingerprint density at radius 2 is 1.92 bits per heavy atom. The molecule has 1 saturated carbocycles. The third kappa shape index (κ3) is 3.38. The van der Waals surface area contributed by atoms with Crippen LogP contribution >= 0.6 is 0 Å². The van der Waals surface area contributed by atoms with Gasteiger partial charge in [0.2, 0.25) is 5.91 Å². The van der Waals surface area contributed by atoms with E-state index in [-0.39, 0.29) is 30.1 Å². The van der Waals surface area contributed by atoms with Crippen LogP contribution in [0.1, 0.15) is 52.0 Å². The maximum absolute atomic E-state index is 12.9. The fourth-order valence-electron chi connectivity index (χ4n) is 3.55. The van der Waals surface area contributed by atoms with Crippen LogP contribution in [0.4, 0.5) is 0 Å². The van der Waals surface area contributed by atoms with Crippen LogP contribution in [-0.4, -0.2) is 21.1 Å². The van der Waals surface area contributed by atoms with Crippen LogP contribution in [-0.2, 0) is 11.3 Å². The molecule has 3 rings (SSSR count). The normalized spacial score (nSPS) is 16.2. The van der Waals surface area contributed by atoms with Crippen molar-refractivity contribution >= 4 is 16.8 Å². The van der Waals surface area contributed by atoms with E-state index in [1.165, 1.54) is 9.13 Å². The van der Waals surface area contributed by atoms with Crippen LogP contribution in [0.5, 0.6) is 0 Å². The quantitative estimate of drug-likeness (QED) is 0.904. The van der Waals surface area contributed by atoms with E-state index in [2.05, 4.69) is 5.32 Å². The van der Waals surface area contributed by atoms with Gasteiger partial charge >= 0.3 is 5.69 Å². The number of rotatable bonds is 5. The van der Waals surface area contributed by atoms with Crippen LogP contribution in [0.25, 0.3) is 10.9 Å². The fraction of sp³-hybridized carbons (Fsp3) is 0.526. The molecule has 1 heterocycles. The van der Waals surface area contributed by atoms with Gasteiger partial charge < -0.3 is 5.32 Å². The molecule has 1 atom stereocenters. The molecule has 1 aromatic heterocycles. The molecule has 1 fully saturated rings. The lowest BCUT2D eigenvalue weighted by atomic mass is 10.2. The summed E-state index contributed by atoms with van der Waals surface area (Å²) in [5.74, 6) is -0.173. The van der Waals surface area contributed by atoms with Crippen molar-refractivity contribution in [1.82, 2.24) is 14.5 Å². The standard InChI is InChI=1S/C19H25N3O3/c1-3-13(2)22-18(24)15-10-6-7-11-16(15)21(19(22)25)12-17(23)20-14-8-4-5-9-14/h6-7,10-11,13-14H,3-5,8-9,12H2,1-2H3,(H,20,23)/t13-/m0/s1. The molecule has 0 spiro atoms. The maximum Gasteiger partial charge on any atom is 0.332 e. The monoisotopic (exact) mass is 343 g/mol. The van der Waals surface area contributed by atoms with E-state index in [1.807, 2.05) is 13.8 Å². The van der Waals surface area contributed by atoms with Gasteiger partial charge in [-0.3, -0.25) is 18.7 Å². The van der Waals surface area contributed by atoms with Gasteiger partial charge in [0.15, 0.2) is 0 Å². The Morgan fingerprint density at radius 1 is 1.24 bits per heavy atom. The third-order valence-electron chi connectivity index (χ3n) is 5.13. The zero-order valence-corrected chi connectivity index (χ0v) is 14.8. The highest BCUT2D eigenvalue weighted by atomic mass is 16.2. The largest absolute Gasteiger partial charge is 0.352 e. The number of carbonyl (C=O) groups excluding carboxylic acids is 1. The zero-order valence-electron chi connectivity index (χ0n) is 14.8. The van der Waals surface area contributed by atoms with Crippen LogP contribution in [0.3, 0.4) is 0 Å². The topological polar surface area (TPSA) is 73.1 Å². The van der Waals surface area contributed by atoms with Gasteiger partial charge in [0.05, 0.1) is 10.9 Å². The molecule has 6 nitrogen and oxygen atoms in total. The summed E-state index contributed by atoms with van der Waals surface area (Å²) >= 11 is 0. The van der Waals surface area contributed by atoms with Gasteiger partial charge in [-0.15, -0.1) is 0 Å². The highest BCUT2D eigenvalue weighted by molar-refractivity contribution is 5.81.